The largest absolute Gasteiger partial charge is 0.354 e. The summed E-state index contributed by atoms with van der Waals surface area (Å²) < 4.78 is 0. The third kappa shape index (κ3) is 1.62. The van der Waals surface area contributed by atoms with Crippen molar-refractivity contribution >= 4 is 54.1 Å². The van der Waals surface area contributed by atoms with E-state index in [2.05, 4.69) is 89.9 Å². The minimum atomic E-state index is 1.20. The Bertz CT molecular complexity index is 1400. The van der Waals surface area contributed by atoms with E-state index in [1.807, 2.05) is 0 Å². The Morgan fingerprint density at radius 2 is 0.880 bits per heavy atom. The third-order valence-corrected chi connectivity index (χ3v) is 5.37. The van der Waals surface area contributed by atoms with Crippen LogP contribution in [0.15, 0.2) is 84.9 Å². The highest BCUT2D eigenvalue weighted by Gasteiger charge is 2.13. The summed E-state index contributed by atoms with van der Waals surface area (Å²) in [7, 11) is 0. The molecule has 0 atom stereocenters. The molecule has 1 heteroatoms. The Kier molecular flexibility index (Phi) is 2.40. The maximum absolute atomic E-state index is 3.58. The van der Waals surface area contributed by atoms with E-state index in [1.165, 1.54) is 54.1 Å². The summed E-state index contributed by atoms with van der Waals surface area (Å²) in [6.07, 6.45) is 0. The highest BCUT2D eigenvalue weighted by Crippen LogP contribution is 2.40. The van der Waals surface area contributed by atoms with Crippen molar-refractivity contribution in [2.45, 2.75) is 0 Å². The maximum Gasteiger partial charge on any atom is 0.0471 e. The van der Waals surface area contributed by atoms with Crippen LogP contribution in [-0.4, -0.2) is 4.98 Å². The molecule has 0 unspecified atom stereocenters. The van der Waals surface area contributed by atoms with Gasteiger partial charge >= 0.3 is 0 Å². The summed E-state index contributed by atoms with van der Waals surface area (Å²) in [5, 5.41) is 10.6. The van der Waals surface area contributed by atoms with E-state index < -0.39 is 0 Å². The molecule has 6 aromatic rings. The molecule has 1 heterocycles. The number of hydrogen-bond acceptors (Lipinski definition) is 0. The molecule has 116 valence electrons. The lowest BCUT2D eigenvalue weighted by Crippen LogP contribution is -1.84. The van der Waals surface area contributed by atoms with E-state index in [-0.39, 0.29) is 0 Å². The van der Waals surface area contributed by atoms with Crippen molar-refractivity contribution in [2.75, 3.05) is 0 Å². The molecule has 1 aromatic heterocycles. The normalized spacial score (nSPS) is 12.0. The first-order chi connectivity index (χ1) is 12.4. The summed E-state index contributed by atoms with van der Waals surface area (Å²) >= 11 is 0. The second-order valence-electron chi connectivity index (χ2n) is 6.67. The first-order valence-corrected chi connectivity index (χ1v) is 8.64. The molecule has 0 saturated carbocycles. The number of aromatic amines is 1. The summed E-state index contributed by atoms with van der Waals surface area (Å²) in [6, 6.07) is 30.6. The molecule has 0 spiro atoms. The van der Waals surface area contributed by atoms with Gasteiger partial charge in [-0.25, -0.2) is 0 Å². The Labute approximate surface area is 144 Å². The fraction of sp³-hybridized carbons (Fsp3) is 0. The highest BCUT2D eigenvalue weighted by molar-refractivity contribution is 6.34. The predicted molar refractivity (Wildman–Crippen MR) is 108 cm³/mol. The zero-order chi connectivity index (χ0) is 16.4. The number of fused-ring (bicyclic) bond motifs is 10. The molecule has 0 radical (unpaired) electrons. The van der Waals surface area contributed by atoms with Crippen molar-refractivity contribution in [1.29, 1.82) is 0 Å². The average Bonchev–Trinajstić information content (AvgIpc) is 3.06. The third-order valence-electron chi connectivity index (χ3n) is 5.37. The van der Waals surface area contributed by atoms with Gasteiger partial charge in [-0.2, -0.15) is 0 Å². The fourth-order valence-corrected chi connectivity index (χ4v) is 4.33. The van der Waals surface area contributed by atoms with Gasteiger partial charge in [0.15, 0.2) is 0 Å². The van der Waals surface area contributed by atoms with E-state index in [9.17, 15) is 0 Å². The SMILES string of the molecule is c1ccc2c(c1)[nH]c1ccc3c4ccccc4c4ccccc4c3c12. The number of H-pyrrole nitrogens is 1. The molecule has 5 aromatic carbocycles. The first-order valence-electron chi connectivity index (χ1n) is 8.64. The summed E-state index contributed by atoms with van der Waals surface area (Å²) in [5.74, 6) is 0. The molecule has 25 heavy (non-hydrogen) atoms. The molecular weight excluding hydrogens is 302 g/mol. The minimum Gasteiger partial charge on any atom is -0.354 e. The lowest BCUT2D eigenvalue weighted by atomic mass is 9.92. The second-order valence-corrected chi connectivity index (χ2v) is 6.67. The van der Waals surface area contributed by atoms with E-state index in [4.69, 9.17) is 0 Å². The predicted octanol–water partition coefficient (Wildman–Crippen LogP) is 6.78. The van der Waals surface area contributed by atoms with Crippen LogP contribution in [0, 0.1) is 0 Å². The maximum atomic E-state index is 3.58. The van der Waals surface area contributed by atoms with Crippen LogP contribution in [0.25, 0.3) is 54.1 Å². The second kappa shape index (κ2) is 4.61. The van der Waals surface area contributed by atoms with Gasteiger partial charge in [0.05, 0.1) is 0 Å². The molecule has 0 fully saturated rings. The Hall–Kier alpha value is -3.32. The molecule has 0 amide bonds. The smallest absolute Gasteiger partial charge is 0.0471 e. The van der Waals surface area contributed by atoms with Crippen LogP contribution in [0.5, 0.6) is 0 Å². The molecule has 0 bridgehead atoms. The standard InChI is InChI=1S/C24H15N/c1-2-9-17-15(7-1)16-8-3-4-10-18(16)23-19(17)13-14-22-24(23)20-11-5-6-12-21(20)25-22/h1-14,25H. The van der Waals surface area contributed by atoms with Crippen molar-refractivity contribution < 1.29 is 0 Å². The molecule has 0 aliphatic heterocycles. The van der Waals surface area contributed by atoms with Crippen LogP contribution in [0.1, 0.15) is 0 Å². The van der Waals surface area contributed by atoms with E-state index in [0.717, 1.165) is 0 Å². The van der Waals surface area contributed by atoms with Gasteiger partial charge in [-0.1, -0.05) is 72.8 Å². The first kappa shape index (κ1) is 13.0. The van der Waals surface area contributed by atoms with Crippen LogP contribution in [0.3, 0.4) is 0 Å². The zero-order valence-corrected chi connectivity index (χ0v) is 13.6. The monoisotopic (exact) mass is 317 g/mol. The number of para-hydroxylation sites is 1. The number of nitrogens with one attached hydrogen (secondary N) is 1. The number of hydrogen-bond donors (Lipinski definition) is 1. The van der Waals surface area contributed by atoms with Crippen LogP contribution >= 0.6 is 0 Å². The van der Waals surface area contributed by atoms with Gasteiger partial charge in [0.2, 0.25) is 0 Å². The van der Waals surface area contributed by atoms with Crippen LogP contribution < -0.4 is 0 Å². The van der Waals surface area contributed by atoms with E-state index >= 15 is 0 Å². The lowest BCUT2D eigenvalue weighted by Gasteiger charge is -2.11. The zero-order valence-electron chi connectivity index (χ0n) is 13.6. The van der Waals surface area contributed by atoms with Crippen molar-refractivity contribution in [2.24, 2.45) is 0 Å². The highest BCUT2D eigenvalue weighted by atomic mass is 14.7. The Morgan fingerprint density at radius 3 is 1.60 bits per heavy atom. The molecule has 1 nitrogen and oxygen atoms in total. The number of aromatic nitrogens is 1. The van der Waals surface area contributed by atoms with Gasteiger partial charge in [0.1, 0.15) is 0 Å². The minimum absolute atomic E-state index is 1.20. The molecule has 0 aliphatic rings. The van der Waals surface area contributed by atoms with Gasteiger partial charge in [-0.15, -0.1) is 0 Å². The van der Waals surface area contributed by atoms with Crippen LogP contribution in [-0.2, 0) is 0 Å². The van der Waals surface area contributed by atoms with Crippen molar-refractivity contribution in [3.05, 3.63) is 84.9 Å². The topological polar surface area (TPSA) is 15.8 Å². The van der Waals surface area contributed by atoms with Crippen molar-refractivity contribution in [1.82, 2.24) is 4.98 Å². The van der Waals surface area contributed by atoms with Gasteiger partial charge in [-0.3, -0.25) is 0 Å². The Balaban J connectivity index is 2.06. The fourth-order valence-electron chi connectivity index (χ4n) is 4.33. The summed E-state index contributed by atoms with van der Waals surface area (Å²) in [5.41, 5.74) is 2.40. The Morgan fingerprint density at radius 1 is 0.360 bits per heavy atom. The number of rotatable bonds is 0. The van der Waals surface area contributed by atoms with E-state index in [1.54, 1.807) is 0 Å². The summed E-state index contributed by atoms with van der Waals surface area (Å²) in [4.78, 5) is 3.58. The van der Waals surface area contributed by atoms with Gasteiger partial charge < -0.3 is 4.98 Å². The molecule has 0 saturated heterocycles. The lowest BCUT2D eigenvalue weighted by molar-refractivity contribution is 1.55. The van der Waals surface area contributed by atoms with Crippen LogP contribution in [0.2, 0.25) is 0 Å². The summed E-state index contributed by atoms with van der Waals surface area (Å²) in [6.45, 7) is 0. The van der Waals surface area contributed by atoms with Gasteiger partial charge in [-0.05, 0) is 39.1 Å². The van der Waals surface area contributed by atoms with E-state index in [0.29, 0.717) is 0 Å². The van der Waals surface area contributed by atoms with Crippen molar-refractivity contribution in [3.8, 4) is 0 Å². The van der Waals surface area contributed by atoms with Crippen LogP contribution in [0.4, 0.5) is 0 Å². The number of benzene rings is 5. The molecule has 1 N–H and O–H groups in total. The molecule has 0 aliphatic carbocycles. The van der Waals surface area contributed by atoms with Gasteiger partial charge in [0, 0.05) is 27.2 Å². The van der Waals surface area contributed by atoms with Gasteiger partial charge in [0.25, 0.3) is 0 Å². The average molecular weight is 317 g/mol. The van der Waals surface area contributed by atoms with Crippen molar-refractivity contribution in [3.63, 3.8) is 0 Å². The molecule has 6 rings (SSSR count). The molecular formula is C24H15N. The quantitative estimate of drug-likeness (QED) is 0.297.